The molecule has 6 heteroatoms. The quantitative estimate of drug-likeness (QED) is 0.756. The number of piperidine rings is 1. The van der Waals surface area contributed by atoms with Crippen LogP contribution in [0.4, 0.5) is 5.69 Å². The summed E-state index contributed by atoms with van der Waals surface area (Å²) in [5, 5.41) is 3.00. The van der Waals surface area contributed by atoms with Crippen LogP contribution in [0, 0.1) is 5.92 Å². The molecular weight excluding hydrogens is 352 g/mol. The van der Waals surface area contributed by atoms with Gasteiger partial charge in [-0.3, -0.25) is 14.2 Å². The summed E-state index contributed by atoms with van der Waals surface area (Å²) in [6, 6.07) is 15.7. The van der Waals surface area contributed by atoms with Gasteiger partial charge in [0.2, 0.25) is 11.8 Å². The third kappa shape index (κ3) is 3.63. The smallest absolute Gasteiger partial charge is 0.229 e. The van der Waals surface area contributed by atoms with Gasteiger partial charge in [-0.1, -0.05) is 19.1 Å². The van der Waals surface area contributed by atoms with Crippen LogP contribution in [0.1, 0.15) is 26.2 Å². The fraction of sp³-hybridized carbons (Fsp3) is 0.318. The number of fused-ring (bicyclic) bond motifs is 1. The molecule has 1 unspecified atom stereocenters. The van der Waals surface area contributed by atoms with E-state index in [1.54, 1.807) is 11.2 Å². The van der Waals surface area contributed by atoms with E-state index in [0.717, 1.165) is 41.8 Å². The Hall–Kier alpha value is -3.15. The summed E-state index contributed by atoms with van der Waals surface area (Å²) in [4.78, 5) is 30.8. The number of hydrogen-bond donors (Lipinski definition) is 1. The second kappa shape index (κ2) is 7.84. The molecule has 1 aliphatic rings. The van der Waals surface area contributed by atoms with E-state index in [0.29, 0.717) is 13.0 Å². The summed E-state index contributed by atoms with van der Waals surface area (Å²) in [5.74, 6) is -0.0506. The number of imidazole rings is 1. The molecule has 0 saturated carbocycles. The summed E-state index contributed by atoms with van der Waals surface area (Å²) in [6.07, 6.45) is 3.98. The summed E-state index contributed by atoms with van der Waals surface area (Å²) >= 11 is 0. The Labute approximate surface area is 164 Å². The maximum atomic E-state index is 12.6. The number of hydrogen-bond acceptors (Lipinski definition) is 3. The Morgan fingerprint density at radius 2 is 1.93 bits per heavy atom. The molecule has 2 heterocycles. The molecule has 0 spiro atoms. The molecule has 2 amide bonds. The van der Waals surface area contributed by atoms with Crippen LogP contribution in [-0.2, 0) is 9.59 Å². The normalized spacial score (nSPS) is 16.9. The molecule has 1 N–H and O–H groups in total. The first kappa shape index (κ1) is 18.2. The lowest BCUT2D eigenvalue weighted by molar-refractivity contribution is -0.134. The minimum absolute atomic E-state index is 0.0190. The van der Waals surface area contributed by atoms with Crippen molar-refractivity contribution in [2.45, 2.75) is 26.2 Å². The van der Waals surface area contributed by atoms with Crippen LogP contribution in [0.15, 0.2) is 54.9 Å². The topological polar surface area (TPSA) is 67.2 Å². The van der Waals surface area contributed by atoms with Crippen molar-refractivity contribution in [3.8, 4) is 5.69 Å². The van der Waals surface area contributed by atoms with Crippen LogP contribution in [-0.4, -0.2) is 39.4 Å². The highest BCUT2D eigenvalue weighted by Gasteiger charge is 2.27. The number of anilines is 1. The summed E-state index contributed by atoms with van der Waals surface area (Å²) < 4.78 is 2.02. The largest absolute Gasteiger partial charge is 0.342 e. The summed E-state index contributed by atoms with van der Waals surface area (Å²) in [5.41, 5.74) is 3.74. The molecule has 1 aliphatic heterocycles. The number of carbonyl (C=O) groups excluding carboxylic acids is 2. The van der Waals surface area contributed by atoms with Gasteiger partial charge in [0.1, 0.15) is 6.33 Å². The van der Waals surface area contributed by atoms with E-state index in [1.807, 2.05) is 60.0 Å². The Bertz CT molecular complexity index is 993. The van der Waals surface area contributed by atoms with E-state index in [9.17, 15) is 9.59 Å². The van der Waals surface area contributed by atoms with Gasteiger partial charge in [0.25, 0.3) is 0 Å². The number of nitrogens with zero attached hydrogens (tertiary/aromatic N) is 3. The van der Waals surface area contributed by atoms with Crippen molar-refractivity contribution in [2.24, 2.45) is 5.92 Å². The minimum atomic E-state index is -0.151. The second-order valence-electron chi connectivity index (χ2n) is 7.17. The van der Waals surface area contributed by atoms with Gasteiger partial charge in [-0.2, -0.15) is 0 Å². The van der Waals surface area contributed by atoms with Crippen molar-refractivity contribution in [3.63, 3.8) is 0 Å². The molecule has 0 aliphatic carbocycles. The molecule has 3 aromatic rings. The van der Waals surface area contributed by atoms with E-state index >= 15 is 0 Å². The molecule has 2 aromatic carbocycles. The molecule has 0 bridgehead atoms. The lowest BCUT2D eigenvalue weighted by Crippen LogP contribution is -2.43. The first-order valence-electron chi connectivity index (χ1n) is 9.77. The number of carbonyl (C=O) groups is 2. The predicted molar refractivity (Wildman–Crippen MR) is 109 cm³/mol. The van der Waals surface area contributed by atoms with E-state index in [1.165, 1.54) is 0 Å². The molecule has 6 nitrogen and oxygen atoms in total. The van der Waals surface area contributed by atoms with Gasteiger partial charge in [-0.05, 0) is 49.2 Å². The molecule has 1 fully saturated rings. The number of benzene rings is 2. The highest BCUT2D eigenvalue weighted by molar-refractivity contribution is 5.93. The van der Waals surface area contributed by atoms with Crippen LogP contribution >= 0.6 is 0 Å². The molecule has 0 radical (unpaired) electrons. The van der Waals surface area contributed by atoms with E-state index in [2.05, 4.69) is 10.3 Å². The van der Waals surface area contributed by atoms with E-state index < -0.39 is 0 Å². The number of aromatic nitrogens is 2. The number of amides is 2. The fourth-order valence-electron chi connectivity index (χ4n) is 3.76. The van der Waals surface area contributed by atoms with Crippen molar-refractivity contribution in [2.75, 3.05) is 18.4 Å². The molecule has 1 saturated heterocycles. The van der Waals surface area contributed by atoms with Gasteiger partial charge in [0, 0.05) is 30.9 Å². The number of likely N-dealkylation sites (tertiary alicyclic amines) is 1. The van der Waals surface area contributed by atoms with Crippen LogP contribution in [0.3, 0.4) is 0 Å². The third-order valence-corrected chi connectivity index (χ3v) is 5.31. The zero-order chi connectivity index (χ0) is 19.5. The summed E-state index contributed by atoms with van der Waals surface area (Å²) in [7, 11) is 0. The molecule has 144 valence electrons. The van der Waals surface area contributed by atoms with Gasteiger partial charge >= 0.3 is 0 Å². The van der Waals surface area contributed by atoms with Crippen LogP contribution in [0.25, 0.3) is 16.7 Å². The molecule has 4 rings (SSSR count). The van der Waals surface area contributed by atoms with Gasteiger partial charge in [-0.15, -0.1) is 0 Å². The molecule has 28 heavy (non-hydrogen) atoms. The van der Waals surface area contributed by atoms with Gasteiger partial charge in [0.15, 0.2) is 0 Å². The van der Waals surface area contributed by atoms with Crippen molar-refractivity contribution in [1.82, 2.24) is 14.5 Å². The minimum Gasteiger partial charge on any atom is -0.342 e. The highest BCUT2D eigenvalue weighted by Crippen LogP contribution is 2.22. The van der Waals surface area contributed by atoms with Crippen molar-refractivity contribution in [3.05, 3.63) is 54.9 Å². The van der Waals surface area contributed by atoms with Crippen LogP contribution in [0.5, 0.6) is 0 Å². The third-order valence-electron chi connectivity index (χ3n) is 5.31. The van der Waals surface area contributed by atoms with Crippen LogP contribution in [0.2, 0.25) is 0 Å². The maximum absolute atomic E-state index is 12.6. The first-order valence-corrected chi connectivity index (χ1v) is 9.77. The average Bonchev–Trinajstić information content (AvgIpc) is 3.18. The zero-order valence-electron chi connectivity index (χ0n) is 16.0. The Kier molecular flexibility index (Phi) is 5.10. The fourth-order valence-corrected chi connectivity index (χ4v) is 3.76. The van der Waals surface area contributed by atoms with Crippen molar-refractivity contribution >= 4 is 28.5 Å². The highest BCUT2D eigenvalue weighted by atomic mass is 16.2. The number of nitrogens with one attached hydrogen (secondary N) is 1. The SMILES string of the molecule is CCC(=O)N1CCCC(C(=O)Nc2ccc(-n3cnc4ccccc43)cc2)C1. The van der Waals surface area contributed by atoms with Crippen molar-refractivity contribution < 1.29 is 9.59 Å². The number of rotatable bonds is 4. The second-order valence-corrected chi connectivity index (χ2v) is 7.17. The van der Waals surface area contributed by atoms with Crippen molar-refractivity contribution in [1.29, 1.82) is 0 Å². The standard InChI is InChI=1S/C22H24N4O2/c1-2-21(27)25-13-5-6-16(14-25)22(28)24-17-9-11-18(12-10-17)26-15-23-19-7-3-4-8-20(19)26/h3-4,7-12,15-16H,2,5-6,13-14H2,1H3,(H,24,28). The van der Waals surface area contributed by atoms with E-state index in [4.69, 9.17) is 0 Å². The Morgan fingerprint density at radius 3 is 2.71 bits per heavy atom. The van der Waals surface area contributed by atoms with Gasteiger partial charge in [-0.25, -0.2) is 4.98 Å². The molecule has 1 atom stereocenters. The lowest BCUT2D eigenvalue weighted by atomic mass is 9.96. The lowest BCUT2D eigenvalue weighted by Gasteiger charge is -2.31. The van der Waals surface area contributed by atoms with E-state index in [-0.39, 0.29) is 17.7 Å². The molecule has 1 aromatic heterocycles. The average molecular weight is 376 g/mol. The predicted octanol–water partition coefficient (Wildman–Crippen LogP) is 3.61. The van der Waals surface area contributed by atoms with Crippen LogP contribution < -0.4 is 5.32 Å². The Balaban J connectivity index is 1.44. The number of para-hydroxylation sites is 2. The van der Waals surface area contributed by atoms with Gasteiger partial charge < -0.3 is 10.2 Å². The van der Waals surface area contributed by atoms with Gasteiger partial charge in [0.05, 0.1) is 17.0 Å². The monoisotopic (exact) mass is 376 g/mol. The molecular formula is C22H24N4O2. The zero-order valence-corrected chi connectivity index (χ0v) is 16.0. The first-order chi connectivity index (χ1) is 13.7. The maximum Gasteiger partial charge on any atom is 0.229 e. The summed E-state index contributed by atoms with van der Waals surface area (Å²) in [6.45, 7) is 3.12. The Morgan fingerprint density at radius 1 is 1.14 bits per heavy atom.